The molecular weight excluding hydrogens is 647 g/mol. The van der Waals surface area contributed by atoms with E-state index in [4.69, 9.17) is 15.0 Å². The number of fused-ring (bicyclic) bond motifs is 2. The van der Waals surface area contributed by atoms with Crippen molar-refractivity contribution in [1.82, 2.24) is 30.6 Å². The molecule has 4 heterocycles. The van der Waals surface area contributed by atoms with Crippen LogP contribution in [0.5, 0.6) is 0 Å². The quantitative estimate of drug-likeness (QED) is 0.0854. The van der Waals surface area contributed by atoms with Gasteiger partial charge in [-0.3, -0.25) is 15.0 Å². The molecule has 8 rings (SSSR count). The standard InChI is InChI=1S/C43H47N7O2/c1-26-32(21-38-39-33(11-17-44-38)19-30(22-46-39)24-48-42(13-14-42)28(3)51)7-5-8-35(26)36-9-6-10-37(27(36)2)50-41-40-34(12-18-45-41)20-31(23-47-40)25-49-43(15-16-43)29(4)52/h5-12,17-20,22-23,28-29,48-49,51-52H,13-16,21,24-25H2,1-4H3,(H,45,50)/t28-,29-/m0/s1. The first kappa shape index (κ1) is 34.3. The molecular formula is C43H47N7O2. The molecule has 4 aromatic heterocycles. The minimum Gasteiger partial charge on any atom is -0.391 e. The number of hydrogen-bond acceptors (Lipinski definition) is 9. The van der Waals surface area contributed by atoms with Crippen LogP contribution in [0.1, 0.15) is 73.0 Å². The number of rotatable bonds is 13. The predicted octanol–water partition coefficient (Wildman–Crippen LogP) is 7.20. The first-order valence-corrected chi connectivity index (χ1v) is 18.4. The fraction of sp³-hybridized carbons (Fsp3) is 0.349. The number of benzene rings is 2. The van der Waals surface area contributed by atoms with E-state index in [1.165, 1.54) is 16.7 Å². The van der Waals surface area contributed by atoms with Gasteiger partial charge in [0.25, 0.3) is 0 Å². The monoisotopic (exact) mass is 693 g/mol. The van der Waals surface area contributed by atoms with E-state index in [0.29, 0.717) is 25.3 Å². The van der Waals surface area contributed by atoms with Crippen molar-refractivity contribution in [1.29, 1.82) is 0 Å². The lowest BCUT2D eigenvalue weighted by Crippen LogP contribution is -2.40. The zero-order valence-electron chi connectivity index (χ0n) is 30.4. The Balaban J connectivity index is 1.01. The van der Waals surface area contributed by atoms with E-state index in [2.05, 4.69) is 83.3 Å². The predicted molar refractivity (Wildman–Crippen MR) is 207 cm³/mol. The minimum atomic E-state index is -0.371. The molecule has 0 bridgehead atoms. The van der Waals surface area contributed by atoms with E-state index in [9.17, 15) is 10.2 Å². The summed E-state index contributed by atoms with van der Waals surface area (Å²) in [6.45, 7) is 9.41. The zero-order chi connectivity index (χ0) is 36.0. The first-order valence-electron chi connectivity index (χ1n) is 18.4. The number of hydrogen-bond donors (Lipinski definition) is 5. The van der Waals surface area contributed by atoms with Crippen LogP contribution < -0.4 is 16.0 Å². The lowest BCUT2D eigenvalue weighted by atomic mass is 9.91. The number of pyridine rings is 4. The summed E-state index contributed by atoms with van der Waals surface area (Å²) in [5, 5.41) is 33.1. The van der Waals surface area contributed by atoms with Gasteiger partial charge in [-0.1, -0.05) is 30.3 Å². The van der Waals surface area contributed by atoms with Gasteiger partial charge in [-0.25, -0.2) is 4.98 Å². The second kappa shape index (κ2) is 13.6. The molecule has 0 amide bonds. The maximum atomic E-state index is 10.2. The van der Waals surface area contributed by atoms with Crippen molar-refractivity contribution in [2.75, 3.05) is 5.32 Å². The van der Waals surface area contributed by atoms with Crippen molar-refractivity contribution in [3.8, 4) is 11.1 Å². The zero-order valence-corrected chi connectivity index (χ0v) is 30.4. The fourth-order valence-corrected chi connectivity index (χ4v) is 7.53. The number of aliphatic hydroxyl groups excluding tert-OH is 2. The highest BCUT2D eigenvalue weighted by atomic mass is 16.3. The highest BCUT2D eigenvalue weighted by molar-refractivity contribution is 5.91. The molecule has 0 aliphatic heterocycles. The van der Waals surface area contributed by atoms with Crippen LogP contribution in [-0.4, -0.2) is 53.4 Å². The van der Waals surface area contributed by atoms with Crippen LogP contribution in [0.3, 0.4) is 0 Å². The maximum Gasteiger partial charge on any atom is 0.156 e. The van der Waals surface area contributed by atoms with E-state index < -0.39 is 0 Å². The molecule has 2 fully saturated rings. The Kier molecular flexibility index (Phi) is 8.99. The third kappa shape index (κ3) is 6.65. The van der Waals surface area contributed by atoms with Gasteiger partial charge < -0.3 is 26.2 Å². The summed E-state index contributed by atoms with van der Waals surface area (Å²) in [5.74, 6) is 0.717. The van der Waals surface area contributed by atoms with E-state index >= 15 is 0 Å². The maximum absolute atomic E-state index is 10.2. The summed E-state index contributed by atoms with van der Waals surface area (Å²) in [7, 11) is 0. The average Bonchev–Trinajstić information content (AvgIpc) is 4.08. The van der Waals surface area contributed by atoms with Crippen molar-refractivity contribution >= 4 is 33.3 Å². The first-order chi connectivity index (χ1) is 25.1. The molecule has 266 valence electrons. The Hall–Kier alpha value is -4.80. The summed E-state index contributed by atoms with van der Waals surface area (Å²) in [6.07, 6.45) is 11.5. The Morgan fingerprint density at radius 2 is 1.23 bits per heavy atom. The van der Waals surface area contributed by atoms with E-state index in [1.807, 2.05) is 50.8 Å². The summed E-state index contributed by atoms with van der Waals surface area (Å²) in [5.41, 5.74) is 11.4. The highest BCUT2D eigenvalue weighted by Crippen LogP contribution is 2.40. The number of aromatic nitrogens is 4. The van der Waals surface area contributed by atoms with E-state index in [1.54, 1.807) is 0 Å². The van der Waals surface area contributed by atoms with E-state index in [-0.39, 0.29) is 23.3 Å². The molecule has 6 aromatic rings. The van der Waals surface area contributed by atoms with Crippen molar-refractivity contribution in [3.05, 3.63) is 119 Å². The Labute approximate surface area is 305 Å². The summed E-state index contributed by atoms with van der Waals surface area (Å²) in [4.78, 5) is 19.2. The molecule has 0 unspecified atom stereocenters. The molecule has 52 heavy (non-hydrogen) atoms. The Morgan fingerprint density at radius 1 is 0.673 bits per heavy atom. The minimum absolute atomic E-state index is 0.151. The molecule has 2 aromatic carbocycles. The van der Waals surface area contributed by atoms with Crippen molar-refractivity contribution in [2.45, 2.75) is 96.2 Å². The molecule has 9 heteroatoms. The summed E-state index contributed by atoms with van der Waals surface area (Å²) in [6, 6.07) is 21.2. The van der Waals surface area contributed by atoms with Crippen molar-refractivity contribution in [3.63, 3.8) is 0 Å². The number of nitrogens with zero attached hydrogens (tertiary/aromatic N) is 4. The second-order valence-corrected chi connectivity index (χ2v) is 15.0. The molecule has 2 saturated carbocycles. The Bertz CT molecular complexity index is 2120. The van der Waals surface area contributed by atoms with Crippen LogP contribution in [-0.2, 0) is 19.5 Å². The van der Waals surface area contributed by atoms with Gasteiger partial charge >= 0.3 is 0 Å². The largest absolute Gasteiger partial charge is 0.391 e. The number of nitrogens with one attached hydrogen (secondary N) is 3. The lowest BCUT2D eigenvalue weighted by molar-refractivity contribution is 0.132. The van der Waals surface area contributed by atoms with Gasteiger partial charge in [0, 0.05) is 71.8 Å². The lowest BCUT2D eigenvalue weighted by Gasteiger charge is -2.20. The Morgan fingerprint density at radius 3 is 1.85 bits per heavy atom. The second-order valence-electron chi connectivity index (χ2n) is 15.0. The van der Waals surface area contributed by atoms with Crippen molar-refractivity contribution in [2.24, 2.45) is 0 Å². The smallest absolute Gasteiger partial charge is 0.156 e. The number of anilines is 2. The van der Waals surface area contributed by atoms with Gasteiger partial charge in [0.2, 0.25) is 0 Å². The molecule has 0 spiro atoms. The summed E-state index contributed by atoms with van der Waals surface area (Å²) >= 11 is 0. The fourth-order valence-electron chi connectivity index (χ4n) is 7.53. The van der Waals surface area contributed by atoms with Crippen LogP contribution in [0.25, 0.3) is 32.9 Å². The molecule has 2 aliphatic rings. The van der Waals surface area contributed by atoms with Gasteiger partial charge in [0.1, 0.15) is 5.52 Å². The SMILES string of the molecule is Cc1c(Cc2nccc3cc(CNC4([C@H](C)O)CC4)cnc23)cccc1-c1cccc(Nc2nccc3cc(CNC4([C@H](C)O)CC4)cnc23)c1C. The third-order valence-electron chi connectivity index (χ3n) is 11.5. The van der Waals surface area contributed by atoms with Crippen molar-refractivity contribution < 1.29 is 10.2 Å². The summed E-state index contributed by atoms with van der Waals surface area (Å²) < 4.78 is 0. The van der Waals surface area contributed by atoms with E-state index in [0.717, 1.165) is 81.1 Å². The molecule has 0 saturated heterocycles. The van der Waals surface area contributed by atoms with Crippen LogP contribution >= 0.6 is 0 Å². The molecule has 2 aliphatic carbocycles. The van der Waals surface area contributed by atoms with Crippen LogP contribution in [0.4, 0.5) is 11.5 Å². The average molecular weight is 694 g/mol. The van der Waals surface area contributed by atoms with Crippen LogP contribution in [0, 0.1) is 13.8 Å². The van der Waals surface area contributed by atoms with Crippen LogP contribution in [0.15, 0.2) is 85.5 Å². The molecule has 2 atom stereocenters. The van der Waals surface area contributed by atoms with Gasteiger partial charge in [0.15, 0.2) is 5.82 Å². The van der Waals surface area contributed by atoms with Gasteiger partial charge in [0.05, 0.1) is 23.4 Å². The molecule has 5 N–H and O–H groups in total. The third-order valence-corrected chi connectivity index (χ3v) is 11.5. The number of aliphatic hydroxyl groups is 2. The molecule has 9 nitrogen and oxygen atoms in total. The van der Waals surface area contributed by atoms with Gasteiger partial charge in [-0.15, -0.1) is 0 Å². The molecule has 0 radical (unpaired) electrons. The normalized spacial score (nSPS) is 16.9. The van der Waals surface area contributed by atoms with Crippen LogP contribution in [0.2, 0.25) is 0 Å². The van der Waals surface area contributed by atoms with Gasteiger partial charge in [-0.2, -0.15) is 0 Å². The highest BCUT2D eigenvalue weighted by Gasteiger charge is 2.47. The van der Waals surface area contributed by atoms with Gasteiger partial charge in [-0.05, 0) is 123 Å². The topological polar surface area (TPSA) is 128 Å².